The molecule has 0 aliphatic carbocycles. The van der Waals surface area contributed by atoms with Crippen molar-refractivity contribution in [3.05, 3.63) is 12.2 Å². The average molecular weight is 278 g/mol. The van der Waals surface area contributed by atoms with Crippen LogP contribution in [0, 0.1) is 5.92 Å². The number of carbonyl (C=O) groups excluding carboxylic acids is 2. The van der Waals surface area contributed by atoms with E-state index in [4.69, 9.17) is 0 Å². The van der Waals surface area contributed by atoms with Gasteiger partial charge >= 0.3 is 0 Å². The average Bonchev–Trinajstić information content (AvgIpc) is 2.23. The second-order valence-corrected chi connectivity index (χ2v) is 6.52. The van der Waals surface area contributed by atoms with Gasteiger partial charge in [-0.25, -0.2) is 0 Å². The molecule has 92 valence electrons. The van der Waals surface area contributed by atoms with Crippen molar-refractivity contribution in [1.82, 2.24) is 0 Å². The zero-order valence-electron chi connectivity index (χ0n) is 9.95. The summed E-state index contributed by atoms with van der Waals surface area (Å²) in [6.45, 7) is 7.22. The maximum Gasteiger partial charge on any atom is 0.214 e. The Balaban J connectivity index is 3.63. The fourth-order valence-corrected chi connectivity index (χ4v) is 3.28. The number of hydrogen-bond donors (Lipinski definition) is 0. The molecule has 0 amide bonds. The molecule has 0 saturated carbocycles. The Hall–Kier alpha value is 0.130. The molecule has 0 spiro atoms. The minimum Gasteiger partial charge on any atom is -0.287 e. The van der Waals surface area contributed by atoms with Crippen molar-refractivity contribution in [3.8, 4) is 0 Å². The molecule has 0 bridgehead atoms. The summed E-state index contributed by atoms with van der Waals surface area (Å²) in [5, 5.41) is 0.239. The van der Waals surface area contributed by atoms with Crippen LogP contribution in [0.3, 0.4) is 0 Å². The molecule has 0 rings (SSSR count). The molecule has 1 atom stereocenters. The van der Waals surface area contributed by atoms with Gasteiger partial charge in [-0.15, -0.1) is 0 Å². The molecular formula is C11H18O2S3. The normalized spacial score (nSPS) is 12.2. The van der Waals surface area contributed by atoms with Gasteiger partial charge in [-0.3, -0.25) is 9.59 Å². The first kappa shape index (κ1) is 16.1. The van der Waals surface area contributed by atoms with Crippen LogP contribution in [0.4, 0.5) is 0 Å². The third-order valence-electron chi connectivity index (χ3n) is 1.73. The van der Waals surface area contributed by atoms with Gasteiger partial charge in [0.15, 0.2) is 5.12 Å². The Bertz CT molecular complexity index is 264. The summed E-state index contributed by atoms with van der Waals surface area (Å²) in [5.74, 6) is 2.33. The van der Waals surface area contributed by atoms with E-state index in [1.807, 2.05) is 13.2 Å². The van der Waals surface area contributed by atoms with E-state index < -0.39 is 0 Å². The summed E-state index contributed by atoms with van der Waals surface area (Å²) in [7, 11) is 0. The first-order chi connectivity index (χ1) is 7.49. The predicted octanol–water partition coefficient (Wildman–Crippen LogP) is 3.08. The molecule has 0 saturated heterocycles. The molecule has 2 nitrogen and oxygen atoms in total. The first-order valence-corrected chi connectivity index (χ1v) is 8.33. The summed E-state index contributed by atoms with van der Waals surface area (Å²) in [5.41, 5.74) is 0.567. The van der Waals surface area contributed by atoms with Crippen LogP contribution in [0.1, 0.15) is 13.8 Å². The van der Waals surface area contributed by atoms with Gasteiger partial charge in [-0.05, 0) is 18.8 Å². The van der Waals surface area contributed by atoms with Crippen LogP contribution in [0.25, 0.3) is 0 Å². The third kappa shape index (κ3) is 7.41. The highest BCUT2D eigenvalue weighted by atomic mass is 32.2. The number of thioether (sulfide) groups is 3. The number of rotatable bonds is 7. The van der Waals surface area contributed by atoms with Gasteiger partial charge in [-0.1, -0.05) is 37.0 Å². The van der Waals surface area contributed by atoms with Crippen LogP contribution in [0.5, 0.6) is 0 Å². The topological polar surface area (TPSA) is 34.1 Å². The van der Waals surface area contributed by atoms with Crippen LogP contribution in [-0.4, -0.2) is 33.7 Å². The van der Waals surface area contributed by atoms with Crippen molar-refractivity contribution in [2.75, 3.05) is 23.5 Å². The first-order valence-electron chi connectivity index (χ1n) is 4.97. The second-order valence-electron chi connectivity index (χ2n) is 3.44. The lowest BCUT2D eigenvalue weighted by molar-refractivity contribution is -0.113. The smallest absolute Gasteiger partial charge is 0.214 e. The van der Waals surface area contributed by atoms with E-state index in [0.717, 1.165) is 5.75 Å². The summed E-state index contributed by atoms with van der Waals surface area (Å²) in [4.78, 5) is 22.7. The number of carbonyl (C=O) groups is 2. The van der Waals surface area contributed by atoms with Crippen molar-refractivity contribution in [2.45, 2.75) is 13.8 Å². The van der Waals surface area contributed by atoms with Crippen molar-refractivity contribution in [2.24, 2.45) is 5.92 Å². The molecule has 0 heterocycles. The predicted molar refractivity (Wildman–Crippen MR) is 77.3 cm³/mol. The lowest BCUT2D eigenvalue weighted by Gasteiger charge is -2.07. The quantitative estimate of drug-likeness (QED) is 0.528. The summed E-state index contributed by atoms with van der Waals surface area (Å²) < 4.78 is 0. The van der Waals surface area contributed by atoms with E-state index in [0.29, 0.717) is 17.1 Å². The summed E-state index contributed by atoms with van der Waals surface area (Å²) in [6.07, 6.45) is 2.00. The van der Waals surface area contributed by atoms with E-state index in [1.54, 1.807) is 18.7 Å². The molecule has 0 aromatic heterocycles. The fraction of sp³-hybridized carbons (Fsp3) is 0.636. The molecule has 0 fully saturated rings. The van der Waals surface area contributed by atoms with Crippen LogP contribution in [-0.2, 0) is 9.59 Å². The molecular weight excluding hydrogens is 260 g/mol. The largest absolute Gasteiger partial charge is 0.287 e. The maximum atomic E-state index is 11.5. The maximum absolute atomic E-state index is 11.5. The van der Waals surface area contributed by atoms with E-state index in [9.17, 15) is 9.59 Å². The molecule has 0 aromatic carbocycles. The van der Waals surface area contributed by atoms with Crippen molar-refractivity contribution in [1.29, 1.82) is 0 Å². The van der Waals surface area contributed by atoms with Crippen LogP contribution in [0.2, 0.25) is 0 Å². The zero-order valence-corrected chi connectivity index (χ0v) is 12.4. The van der Waals surface area contributed by atoms with E-state index in [-0.39, 0.29) is 16.1 Å². The highest BCUT2D eigenvalue weighted by Gasteiger charge is 2.12. The SMILES string of the molecule is C=C(C)C(=O)SCCSC(=O)C(C)CSC. The number of hydrogen-bond acceptors (Lipinski definition) is 5. The van der Waals surface area contributed by atoms with Gasteiger partial charge in [0.1, 0.15) is 0 Å². The minimum atomic E-state index is 0.0187. The Morgan fingerprint density at radius 2 is 1.81 bits per heavy atom. The minimum absolute atomic E-state index is 0.0187. The molecule has 16 heavy (non-hydrogen) atoms. The lowest BCUT2D eigenvalue weighted by Crippen LogP contribution is -2.10. The van der Waals surface area contributed by atoms with Crippen LogP contribution in [0.15, 0.2) is 12.2 Å². The summed E-state index contributed by atoms with van der Waals surface area (Å²) in [6, 6.07) is 0. The van der Waals surface area contributed by atoms with Gasteiger partial charge < -0.3 is 0 Å². The van der Waals surface area contributed by atoms with E-state index >= 15 is 0 Å². The monoisotopic (exact) mass is 278 g/mol. The van der Waals surface area contributed by atoms with Crippen molar-refractivity contribution < 1.29 is 9.59 Å². The van der Waals surface area contributed by atoms with Crippen LogP contribution >= 0.6 is 35.3 Å². The molecule has 0 aromatic rings. The standard InChI is InChI=1S/C11H18O2S3/c1-8(2)10(12)15-5-6-16-11(13)9(3)7-14-4/h9H,1,5-7H2,2-4H3. The van der Waals surface area contributed by atoms with Gasteiger partial charge in [0, 0.05) is 23.2 Å². The van der Waals surface area contributed by atoms with Gasteiger partial charge in [0.05, 0.1) is 0 Å². The Morgan fingerprint density at radius 3 is 2.31 bits per heavy atom. The zero-order chi connectivity index (χ0) is 12.6. The van der Waals surface area contributed by atoms with Crippen molar-refractivity contribution >= 4 is 45.5 Å². The van der Waals surface area contributed by atoms with Gasteiger partial charge in [0.25, 0.3) is 0 Å². The molecule has 5 heteroatoms. The highest BCUT2D eigenvalue weighted by Crippen LogP contribution is 2.17. The second kappa shape index (κ2) is 9.19. The highest BCUT2D eigenvalue weighted by molar-refractivity contribution is 8.17. The summed E-state index contributed by atoms with van der Waals surface area (Å²) >= 11 is 4.24. The molecule has 0 radical (unpaired) electrons. The fourth-order valence-electron chi connectivity index (χ4n) is 0.860. The third-order valence-corrected chi connectivity index (χ3v) is 4.93. The van der Waals surface area contributed by atoms with Crippen LogP contribution < -0.4 is 0 Å². The Kier molecular flexibility index (Phi) is 9.26. The van der Waals surface area contributed by atoms with Gasteiger partial charge in [0.2, 0.25) is 5.12 Å². The van der Waals surface area contributed by atoms with Crippen molar-refractivity contribution in [3.63, 3.8) is 0 Å². The lowest BCUT2D eigenvalue weighted by atomic mass is 10.2. The van der Waals surface area contributed by atoms with E-state index in [2.05, 4.69) is 6.58 Å². The van der Waals surface area contributed by atoms with Gasteiger partial charge in [-0.2, -0.15) is 11.8 Å². The molecule has 1 unspecified atom stereocenters. The molecule has 0 aliphatic rings. The molecule has 0 aliphatic heterocycles. The molecule has 0 N–H and O–H groups in total. The Labute approximate surface area is 110 Å². The Morgan fingerprint density at radius 1 is 1.25 bits per heavy atom. The van der Waals surface area contributed by atoms with E-state index in [1.165, 1.54) is 23.5 Å².